The van der Waals surface area contributed by atoms with Crippen molar-refractivity contribution in [1.29, 1.82) is 0 Å². The molecule has 2 heterocycles. The lowest BCUT2D eigenvalue weighted by atomic mass is 9.96. The van der Waals surface area contributed by atoms with Gasteiger partial charge in [0.25, 0.3) is 0 Å². The lowest BCUT2D eigenvalue weighted by Gasteiger charge is -2.26. The maximum atomic E-state index is 12.7. The van der Waals surface area contributed by atoms with E-state index in [1.165, 1.54) is 0 Å². The van der Waals surface area contributed by atoms with E-state index in [0.29, 0.717) is 24.4 Å². The highest BCUT2D eigenvalue weighted by atomic mass is 16.2. The van der Waals surface area contributed by atoms with E-state index in [1.807, 2.05) is 17.8 Å². The molecule has 2 unspecified atom stereocenters. The van der Waals surface area contributed by atoms with Crippen molar-refractivity contribution in [3.05, 3.63) is 18.2 Å². The third kappa shape index (κ3) is 2.52. The summed E-state index contributed by atoms with van der Waals surface area (Å²) in [7, 11) is 1.98. The Morgan fingerprint density at radius 2 is 2.32 bits per heavy atom. The molecule has 1 saturated carbocycles. The molecule has 5 heteroatoms. The molecule has 0 bridgehead atoms. The summed E-state index contributed by atoms with van der Waals surface area (Å²) in [5.74, 6) is 1.86. The van der Waals surface area contributed by atoms with Gasteiger partial charge in [0.05, 0.1) is 12.5 Å². The van der Waals surface area contributed by atoms with Crippen LogP contribution in [0, 0.1) is 11.8 Å². The Kier molecular flexibility index (Phi) is 3.31. The normalized spacial score (nSPS) is 26.6. The van der Waals surface area contributed by atoms with Gasteiger partial charge in [-0.25, -0.2) is 4.98 Å². The summed E-state index contributed by atoms with van der Waals surface area (Å²) in [6, 6.07) is 0.442. The lowest BCUT2D eigenvalue weighted by Crippen LogP contribution is -2.40. The van der Waals surface area contributed by atoms with Crippen molar-refractivity contribution in [3.63, 3.8) is 0 Å². The molecule has 1 amide bonds. The standard InChI is InChI=1S/C14H22N4O/c1-10-7-15-8-12(10)14(19)18(11-3-4-11)9-13-16-5-6-17(13)2/h5-6,10-12,15H,3-4,7-9H2,1-2H3. The quantitative estimate of drug-likeness (QED) is 0.872. The largest absolute Gasteiger partial charge is 0.337 e. The molecule has 1 aliphatic heterocycles. The molecule has 1 aromatic heterocycles. The van der Waals surface area contributed by atoms with Crippen LogP contribution in [0.15, 0.2) is 12.4 Å². The predicted molar refractivity (Wildman–Crippen MR) is 72.3 cm³/mol. The zero-order chi connectivity index (χ0) is 13.4. The summed E-state index contributed by atoms with van der Waals surface area (Å²) < 4.78 is 2.00. The second-order valence-corrected chi connectivity index (χ2v) is 5.89. The molecule has 19 heavy (non-hydrogen) atoms. The number of aromatic nitrogens is 2. The maximum absolute atomic E-state index is 12.7. The van der Waals surface area contributed by atoms with E-state index < -0.39 is 0 Å². The zero-order valence-electron chi connectivity index (χ0n) is 11.7. The summed E-state index contributed by atoms with van der Waals surface area (Å²) in [4.78, 5) is 19.1. The molecule has 5 nitrogen and oxygen atoms in total. The minimum Gasteiger partial charge on any atom is -0.337 e. The van der Waals surface area contributed by atoms with Gasteiger partial charge < -0.3 is 14.8 Å². The molecule has 1 aromatic rings. The van der Waals surface area contributed by atoms with E-state index >= 15 is 0 Å². The zero-order valence-corrected chi connectivity index (χ0v) is 11.7. The van der Waals surface area contributed by atoms with E-state index in [0.717, 1.165) is 31.8 Å². The first kappa shape index (κ1) is 12.7. The van der Waals surface area contributed by atoms with Gasteiger partial charge in [-0.2, -0.15) is 0 Å². The van der Waals surface area contributed by atoms with Crippen molar-refractivity contribution in [2.75, 3.05) is 13.1 Å². The number of amides is 1. The summed E-state index contributed by atoms with van der Waals surface area (Å²) in [6.07, 6.45) is 6.02. The van der Waals surface area contributed by atoms with Gasteiger partial charge in [-0.15, -0.1) is 0 Å². The molecule has 0 aromatic carbocycles. The van der Waals surface area contributed by atoms with Crippen LogP contribution >= 0.6 is 0 Å². The van der Waals surface area contributed by atoms with Crippen LogP contribution in [0.3, 0.4) is 0 Å². The number of rotatable bonds is 4. The van der Waals surface area contributed by atoms with E-state index in [9.17, 15) is 4.79 Å². The van der Waals surface area contributed by atoms with Gasteiger partial charge in [0.15, 0.2) is 0 Å². The Balaban J connectivity index is 1.74. The Morgan fingerprint density at radius 3 is 2.84 bits per heavy atom. The number of aryl methyl sites for hydroxylation is 1. The molecule has 2 fully saturated rings. The molecular formula is C14H22N4O. The monoisotopic (exact) mass is 262 g/mol. The molecule has 2 atom stereocenters. The van der Waals surface area contributed by atoms with Gasteiger partial charge >= 0.3 is 0 Å². The molecule has 1 saturated heterocycles. The fourth-order valence-corrected chi connectivity index (χ4v) is 2.83. The van der Waals surface area contributed by atoms with Crippen LogP contribution in [0.2, 0.25) is 0 Å². The van der Waals surface area contributed by atoms with Gasteiger partial charge in [-0.3, -0.25) is 4.79 Å². The fourth-order valence-electron chi connectivity index (χ4n) is 2.83. The Bertz CT molecular complexity index is 466. The van der Waals surface area contributed by atoms with E-state index in [2.05, 4.69) is 22.1 Å². The molecule has 1 aliphatic carbocycles. The Hall–Kier alpha value is -1.36. The van der Waals surface area contributed by atoms with Crippen LogP contribution < -0.4 is 5.32 Å². The number of nitrogens with one attached hydrogen (secondary N) is 1. The molecule has 104 valence electrons. The second-order valence-electron chi connectivity index (χ2n) is 5.89. The van der Waals surface area contributed by atoms with E-state index in [1.54, 1.807) is 6.20 Å². The van der Waals surface area contributed by atoms with Crippen LogP contribution in [0.5, 0.6) is 0 Å². The number of hydrogen-bond acceptors (Lipinski definition) is 3. The van der Waals surface area contributed by atoms with Crippen LogP contribution in [0.4, 0.5) is 0 Å². The molecule has 1 N–H and O–H groups in total. The summed E-state index contributed by atoms with van der Waals surface area (Å²) in [6.45, 7) is 4.59. The number of nitrogens with zero attached hydrogens (tertiary/aromatic N) is 3. The number of hydrogen-bond donors (Lipinski definition) is 1. The Morgan fingerprint density at radius 1 is 1.53 bits per heavy atom. The highest BCUT2D eigenvalue weighted by Gasteiger charge is 2.39. The summed E-state index contributed by atoms with van der Waals surface area (Å²) >= 11 is 0. The van der Waals surface area contributed by atoms with Crippen molar-refractivity contribution in [1.82, 2.24) is 19.8 Å². The minimum absolute atomic E-state index is 0.140. The van der Waals surface area contributed by atoms with Gasteiger partial charge in [0, 0.05) is 32.0 Å². The van der Waals surface area contributed by atoms with E-state index in [-0.39, 0.29) is 5.92 Å². The van der Waals surface area contributed by atoms with Crippen LogP contribution in [-0.4, -0.2) is 39.5 Å². The average molecular weight is 262 g/mol. The third-order valence-corrected chi connectivity index (χ3v) is 4.34. The fraction of sp³-hybridized carbons (Fsp3) is 0.714. The molecule has 3 rings (SSSR count). The van der Waals surface area contributed by atoms with Gasteiger partial charge in [-0.05, 0) is 25.3 Å². The van der Waals surface area contributed by atoms with E-state index in [4.69, 9.17) is 0 Å². The number of imidazole rings is 1. The van der Waals surface area contributed by atoms with Crippen molar-refractivity contribution >= 4 is 5.91 Å². The third-order valence-electron chi connectivity index (χ3n) is 4.34. The van der Waals surface area contributed by atoms with Gasteiger partial charge in [-0.1, -0.05) is 6.92 Å². The van der Waals surface area contributed by atoms with Gasteiger partial charge in [0.1, 0.15) is 5.82 Å². The highest BCUT2D eigenvalue weighted by Crippen LogP contribution is 2.31. The number of carbonyl (C=O) groups is 1. The predicted octanol–water partition coefficient (Wildman–Crippen LogP) is 0.767. The first-order chi connectivity index (χ1) is 9.16. The van der Waals surface area contributed by atoms with Crippen LogP contribution in [0.1, 0.15) is 25.6 Å². The lowest BCUT2D eigenvalue weighted by molar-refractivity contribution is -0.137. The molecule has 2 aliphatic rings. The minimum atomic E-state index is 0.140. The molecular weight excluding hydrogens is 240 g/mol. The average Bonchev–Trinajstić information content (AvgIpc) is 3.02. The number of carbonyl (C=O) groups excluding carboxylic acids is 1. The van der Waals surface area contributed by atoms with Crippen LogP contribution in [0.25, 0.3) is 0 Å². The first-order valence-corrected chi connectivity index (χ1v) is 7.14. The maximum Gasteiger partial charge on any atom is 0.227 e. The van der Waals surface area contributed by atoms with Crippen molar-refractivity contribution in [2.45, 2.75) is 32.4 Å². The summed E-state index contributed by atoms with van der Waals surface area (Å²) in [5.41, 5.74) is 0. The molecule has 0 spiro atoms. The topological polar surface area (TPSA) is 50.2 Å². The highest BCUT2D eigenvalue weighted by molar-refractivity contribution is 5.80. The molecule has 0 radical (unpaired) electrons. The van der Waals surface area contributed by atoms with Crippen LogP contribution in [-0.2, 0) is 18.4 Å². The first-order valence-electron chi connectivity index (χ1n) is 7.14. The summed E-state index contributed by atoms with van der Waals surface area (Å²) in [5, 5.41) is 3.32. The van der Waals surface area contributed by atoms with Crippen molar-refractivity contribution in [2.24, 2.45) is 18.9 Å². The van der Waals surface area contributed by atoms with Crippen molar-refractivity contribution in [3.8, 4) is 0 Å². The van der Waals surface area contributed by atoms with Gasteiger partial charge in [0.2, 0.25) is 5.91 Å². The Labute approximate surface area is 114 Å². The van der Waals surface area contributed by atoms with Crippen molar-refractivity contribution < 1.29 is 4.79 Å². The smallest absolute Gasteiger partial charge is 0.227 e. The second kappa shape index (κ2) is 4.96. The SMILES string of the molecule is CC1CNCC1C(=O)N(Cc1nccn1C)C1CC1.